The average Bonchev–Trinajstić information content (AvgIpc) is 3.09. The minimum absolute atomic E-state index is 0.0766. The fourth-order valence-corrected chi connectivity index (χ4v) is 4.14. The average molecular weight is 414 g/mol. The zero-order valence-electron chi connectivity index (χ0n) is 15.8. The molecule has 2 atom stereocenters. The largest absolute Gasteiger partial charge is 0.371 e. The summed E-state index contributed by atoms with van der Waals surface area (Å²) in [6, 6.07) is 11.2. The van der Waals surface area contributed by atoms with Crippen LogP contribution in [-0.4, -0.2) is 77.0 Å². The Hall–Kier alpha value is -2.49. The fraction of sp³-hybridized carbons (Fsp3) is 0.400. The molecule has 0 radical (unpaired) electrons. The van der Waals surface area contributed by atoms with Crippen LogP contribution in [0.4, 0.5) is 0 Å². The Balaban J connectivity index is 1.25. The summed E-state index contributed by atoms with van der Waals surface area (Å²) in [5.41, 5.74) is 0.303. The molecule has 2 amide bonds. The van der Waals surface area contributed by atoms with Gasteiger partial charge in [-0.25, -0.2) is 9.97 Å². The minimum Gasteiger partial charge on any atom is -0.371 e. The molecule has 4 rings (SSSR count). The van der Waals surface area contributed by atoms with Gasteiger partial charge in [-0.2, -0.15) is 0 Å². The van der Waals surface area contributed by atoms with Crippen molar-refractivity contribution in [3.05, 3.63) is 54.6 Å². The molecule has 2 aliphatic heterocycles. The Morgan fingerprint density at radius 2 is 1.83 bits per heavy atom. The number of benzene rings is 1. The number of hydrogen-bond acceptors (Lipinski definition) is 7. The molecule has 1 aromatic heterocycles. The topological polar surface area (TPSA) is 93.7 Å². The first kappa shape index (κ1) is 19.8. The van der Waals surface area contributed by atoms with Crippen molar-refractivity contribution < 1.29 is 19.1 Å². The van der Waals surface area contributed by atoms with E-state index in [9.17, 15) is 9.59 Å². The summed E-state index contributed by atoms with van der Waals surface area (Å²) in [7, 11) is 0. The molecule has 9 heteroatoms. The monoisotopic (exact) mass is 414 g/mol. The maximum absolute atomic E-state index is 12.5. The highest BCUT2D eigenvalue weighted by molar-refractivity contribution is 8.00. The summed E-state index contributed by atoms with van der Waals surface area (Å²) in [5.74, 6) is 0.181. The molecule has 3 heterocycles. The van der Waals surface area contributed by atoms with Crippen LogP contribution in [0.1, 0.15) is 10.5 Å². The van der Waals surface area contributed by atoms with Crippen molar-refractivity contribution in [2.45, 2.75) is 23.1 Å². The maximum atomic E-state index is 12.5. The molecular formula is C20H22N4O4S. The number of ether oxygens (including phenoxy) is 2. The molecule has 1 N–H and O–H groups in total. The quantitative estimate of drug-likeness (QED) is 0.730. The summed E-state index contributed by atoms with van der Waals surface area (Å²) in [4.78, 5) is 35.4. The third kappa shape index (κ3) is 5.11. The van der Waals surface area contributed by atoms with Gasteiger partial charge in [0.1, 0.15) is 24.2 Å². The van der Waals surface area contributed by atoms with E-state index in [4.69, 9.17) is 9.47 Å². The zero-order chi connectivity index (χ0) is 20.1. The van der Waals surface area contributed by atoms with Gasteiger partial charge < -0.3 is 19.7 Å². The summed E-state index contributed by atoms with van der Waals surface area (Å²) < 4.78 is 11.9. The van der Waals surface area contributed by atoms with Crippen LogP contribution in [0.3, 0.4) is 0 Å². The van der Waals surface area contributed by atoms with E-state index in [0.29, 0.717) is 37.8 Å². The number of carbonyl (C=O) groups excluding carboxylic acids is 2. The predicted octanol–water partition coefficient (Wildman–Crippen LogP) is 0.993. The van der Waals surface area contributed by atoms with E-state index in [1.165, 1.54) is 24.3 Å². The number of nitrogens with one attached hydrogen (secondary N) is 1. The Morgan fingerprint density at radius 3 is 2.48 bits per heavy atom. The standard InChI is InChI=1S/C20H22N4O4S/c25-19(12-29-15-4-2-1-3-5-15)24-8-17-18(9-24)28-11-14(10-27-17)23-20(26)16-6-7-21-13-22-16/h1-7,13-14,17-18H,8-12H2,(H,23,26)/t17-,18-/m0/s1. The lowest BCUT2D eigenvalue weighted by atomic mass is 10.3. The van der Waals surface area contributed by atoms with Crippen molar-refractivity contribution >= 4 is 23.6 Å². The second-order valence-corrected chi connectivity index (χ2v) is 7.96. The van der Waals surface area contributed by atoms with E-state index in [1.54, 1.807) is 11.0 Å². The number of amides is 2. The molecule has 0 spiro atoms. The van der Waals surface area contributed by atoms with Gasteiger partial charge in [0, 0.05) is 24.2 Å². The number of likely N-dealkylation sites (tertiary alicyclic amines) is 1. The Bertz CT molecular complexity index is 823. The fourth-order valence-electron chi connectivity index (χ4n) is 3.32. The van der Waals surface area contributed by atoms with Gasteiger partial charge in [-0.3, -0.25) is 9.59 Å². The lowest BCUT2D eigenvalue weighted by Gasteiger charge is -2.19. The molecule has 29 heavy (non-hydrogen) atoms. The highest BCUT2D eigenvalue weighted by atomic mass is 32.2. The van der Waals surface area contributed by atoms with E-state index in [-0.39, 0.29) is 30.1 Å². The Labute approximate surface area is 173 Å². The van der Waals surface area contributed by atoms with Crippen molar-refractivity contribution in [2.75, 3.05) is 32.1 Å². The number of carbonyl (C=O) groups is 2. The Kier molecular flexibility index (Phi) is 6.38. The van der Waals surface area contributed by atoms with Crippen LogP contribution >= 0.6 is 11.8 Å². The predicted molar refractivity (Wildman–Crippen MR) is 107 cm³/mol. The van der Waals surface area contributed by atoms with Crippen molar-refractivity contribution in [1.29, 1.82) is 0 Å². The van der Waals surface area contributed by atoms with Gasteiger partial charge in [0.15, 0.2) is 0 Å². The van der Waals surface area contributed by atoms with Crippen LogP contribution in [0.15, 0.2) is 53.8 Å². The number of aromatic nitrogens is 2. The maximum Gasteiger partial charge on any atom is 0.270 e. The number of thioether (sulfide) groups is 1. The van der Waals surface area contributed by atoms with Crippen molar-refractivity contribution in [1.82, 2.24) is 20.2 Å². The van der Waals surface area contributed by atoms with Crippen LogP contribution in [0.25, 0.3) is 0 Å². The van der Waals surface area contributed by atoms with Gasteiger partial charge in [0.2, 0.25) is 5.91 Å². The molecular weight excluding hydrogens is 392 g/mol. The first-order chi connectivity index (χ1) is 14.2. The summed E-state index contributed by atoms with van der Waals surface area (Å²) in [6.45, 7) is 1.68. The molecule has 1 aromatic carbocycles. The number of rotatable bonds is 5. The lowest BCUT2D eigenvalue weighted by molar-refractivity contribution is -0.128. The molecule has 0 bridgehead atoms. The molecule has 0 unspecified atom stereocenters. The summed E-state index contributed by atoms with van der Waals surface area (Å²) in [5, 5.41) is 2.87. The van der Waals surface area contributed by atoms with Gasteiger partial charge in [0.05, 0.1) is 25.0 Å². The van der Waals surface area contributed by atoms with Crippen LogP contribution in [0.2, 0.25) is 0 Å². The van der Waals surface area contributed by atoms with Crippen molar-refractivity contribution in [2.24, 2.45) is 0 Å². The third-order valence-corrected chi connectivity index (χ3v) is 5.84. The molecule has 2 saturated heterocycles. The first-order valence-electron chi connectivity index (χ1n) is 9.45. The molecule has 0 aliphatic carbocycles. The van der Waals surface area contributed by atoms with Crippen LogP contribution in [0.5, 0.6) is 0 Å². The summed E-state index contributed by atoms with van der Waals surface area (Å²) >= 11 is 1.53. The van der Waals surface area contributed by atoms with Gasteiger partial charge >= 0.3 is 0 Å². The van der Waals surface area contributed by atoms with E-state index in [0.717, 1.165) is 4.90 Å². The van der Waals surface area contributed by atoms with Crippen molar-refractivity contribution in [3.63, 3.8) is 0 Å². The number of fused-ring (bicyclic) bond motifs is 1. The summed E-state index contributed by atoms with van der Waals surface area (Å²) in [6.07, 6.45) is 2.50. The number of nitrogens with zero attached hydrogens (tertiary/aromatic N) is 3. The van der Waals surface area contributed by atoms with E-state index < -0.39 is 0 Å². The smallest absolute Gasteiger partial charge is 0.270 e. The SMILES string of the molecule is O=C(NC1CO[C@H]2CN(C(=O)CSc3ccccc3)C[C@@H]2OC1)c1ccncn1. The van der Waals surface area contributed by atoms with E-state index in [2.05, 4.69) is 15.3 Å². The van der Waals surface area contributed by atoms with Gasteiger partial charge in [-0.1, -0.05) is 18.2 Å². The Morgan fingerprint density at radius 1 is 1.10 bits per heavy atom. The normalized spacial score (nSPS) is 22.0. The molecule has 2 aliphatic rings. The van der Waals surface area contributed by atoms with Gasteiger partial charge in [-0.15, -0.1) is 11.8 Å². The van der Waals surface area contributed by atoms with Crippen LogP contribution in [0, 0.1) is 0 Å². The molecule has 2 aromatic rings. The van der Waals surface area contributed by atoms with Crippen LogP contribution in [-0.2, 0) is 14.3 Å². The minimum atomic E-state index is -0.286. The second kappa shape index (κ2) is 9.34. The molecule has 152 valence electrons. The van der Waals surface area contributed by atoms with E-state index in [1.807, 2.05) is 30.3 Å². The van der Waals surface area contributed by atoms with Crippen molar-refractivity contribution in [3.8, 4) is 0 Å². The third-order valence-electron chi connectivity index (χ3n) is 4.85. The lowest BCUT2D eigenvalue weighted by Crippen LogP contribution is -2.41. The highest BCUT2D eigenvalue weighted by Crippen LogP contribution is 2.23. The highest BCUT2D eigenvalue weighted by Gasteiger charge is 2.39. The zero-order valence-corrected chi connectivity index (χ0v) is 16.6. The van der Waals surface area contributed by atoms with Gasteiger partial charge in [-0.05, 0) is 18.2 Å². The number of hydrogen-bond donors (Lipinski definition) is 1. The first-order valence-corrected chi connectivity index (χ1v) is 10.4. The molecule has 0 saturated carbocycles. The molecule has 8 nitrogen and oxygen atoms in total. The molecule has 2 fully saturated rings. The van der Waals surface area contributed by atoms with Gasteiger partial charge in [0.25, 0.3) is 5.91 Å². The van der Waals surface area contributed by atoms with Crippen LogP contribution < -0.4 is 5.32 Å². The van der Waals surface area contributed by atoms with E-state index >= 15 is 0 Å². The second-order valence-electron chi connectivity index (χ2n) is 6.91.